The van der Waals surface area contributed by atoms with E-state index in [9.17, 15) is 9.59 Å². The number of carbonyl (C=O) groups is 1. The molecule has 148 valence electrons. The normalized spacial score (nSPS) is 13.1. The van der Waals surface area contributed by atoms with Crippen molar-refractivity contribution in [2.45, 2.75) is 32.9 Å². The fourth-order valence-electron chi connectivity index (χ4n) is 3.59. The van der Waals surface area contributed by atoms with Crippen LogP contribution >= 0.6 is 0 Å². The molecule has 2 aromatic heterocycles. The summed E-state index contributed by atoms with van der Waals surface area (Å²) in [5.74, 6) is 1.19. The Morgan fingerprint density at radius 2 is 1.97 bits per heavy atom. The van der Waals surface area contributed by atoms with Gasteiger partial charge in [0.05, 0.1) is 6.42 Å². The molecule has 29 heavy (non-hydrogen) atoms. The number of benzene rings is 1. The Bertz CT molecular complexity index is 1090. The number of carbonyl (C=O) groups excluding carboxylic acids is 1. The first kappa shape index (κ1) is 18.9. The maximum absolute atomic E-state index is 12.3. The minimum atomic E-state index is -0.276. The number of nitrogens with one attached hydrogen (secondary N) is 2. The van der Waals surface area contributed by atoms with E-state index in [0.29, 0.717) is 17.9 Å². The molecule has 1 aliphatic rings. The molecule has 0 bridgehead atoms. The summed E-state index contributed by atoms with van der Waals surface area (Å²) in [6, 6.07) is 12.3. The second-order valence-electron chi connectivity index (χ2n) is 7.20. The van der Waals surface area contributed by atoms with Gasteiger partial charge in [-0.1, -0.05) is 30.3 Å². The molecule has 4 rings (SSSR count). The van der Waals surface area contributed by atoms with E-state index in [2.05, 4.69) is 49.4 Å². The monoisotopic (exact) mass is 389 g/mol. The van der Waals surface area contributed by atoms with Gasteiger partial charge < -0.3 is 15.2 Å². The molecule has 1 aromatic carbocycles. The van der Waals surface area contributed by atoms with Gasteiger partial charge in [0.1, 0.15) is 11.6 Å². The molecule has 3 heterocycles. The van der Waals surface area contributed by atoms with Crippen molar-refractivity contribution in [3.8, 4) is 0 Å². The van der Waals surface area contributed by atoms with Gasteiger partial charge in [-0.05, 0) is 30.5 Å². The van der Waals surface area contributed by atoms with Gasteiger partial charge in [0.15, 0.2) is 0 Å². The third-order valence-corrected chi connectivity index (χ3v) is 5.12. The van der Waals surface area contributed by atoms with Gasteiger partial charge in [-0.2, -0.15) is 0 Å². The van der Waals surface area contributed by atoms with Gasteiger partial charge in [-0.25, -0.2) is 9.97 Å². The van der Waals surface area contributed by atoms with Crippen LogP contribution in [0.15, 0.2) is 53.6 Å². The molecule has 0 spiro atoms. The SMILES string of the molecule is Cc1ncc(CC(=O)NCc2cccnc2N2CCc3ccccc3C2)c(=O)[nH]1. The summed E-state index contributed by atoms with van der Waals surface area (Å²) in [5, 5.41) is 2.90. The van der Waals surface area contributed by atoms with Gasteiger partial charge >= 0.3 is 0 Å². The molecular formula is C22H23N5O2. The van der Waals surface area contributed by atoms with Gasteiger partial charge in [0, 0.05) is 43.2 Å². The van der Waals surface area contributed by atoms with Crippen molar-refractivity contribution >= 4 is 11.7 Å². The van der Waals surface area contributed by atoms with Crippen LogP contribution in [-0.2, 0) is 30.7 Å². The van der Waals surface area contributed by atoms with Crippen molar-refractivity contribution in [3.63, 3.8) is 0 Å². The lowest BCUT2D eigenvalue weighted by atomic mass is 9.99. The molecule has 0 unspecified atom stereocenters. The summed E-state index contributed by atoms with van der Waals surface area (Å²) in [6.45, 7) is 3.75. The Kier molecular flexibility index (Phi) is 5.37. The molecule has 0 radical (unpaired) electrons. The number of aromatic amines is 1. The maximum Gasteiger partial charge on any atom is 0.254 e. The van der Waals surface area contributed by atoms with E-state index < -0.39 is 0 Å². The van der Waals surface area contributed by atoms with E-state index in [1.165, 1.54) is 17.3 Å². The highest BCUT2D eigenvalue weighted by Crippen LogP contribution is 2.25. The highest BCUT2D eigenvalue weighted by molar-refractivity contribution is 5.78. The van der Waals surface area contributed by atoms with Crippen LogP contribution in [0.25, 0.3) is 0 Å². The first-order valence-corrected chi connectivity index (χ1v) is 9.67. The van der Waals surface area contributed by atoms with E-state index >= 15 is 0 Å². The Balaban J connectivity index is 1.44. The van der Waals surface area contributed by atoms with Gasteiger partial charge in [0.2, 0.25) is 5.91 Å². The zero-order valence-electron chi connectivity index (χ0n) is 16.3. The van der Waals surface area contributed by atoms with Crippen LogP contribution in [0.1, 0.15) is 28.1 Å². The van der Waals surface area contributed by atoms with Crippen molar-refractivity contribution in [2.24, 2.45) is 0 Å². The summed E-state index contributed by atoms with van der Waals surface area (Å²) in [4.78, 5) is 37.8. The van der Waals surface area contributed by atoms with E-state index in [1.807, 2.05) is 12.1 Å². The molecule has 0 saturated carbocycles. The van der Waals surface area contributed by atoms with E-state index in [-0.39, 0.29) is 17.9 Å². The van der Waals surface area contributed by atoms with Crippen LogP contribution in [0.3, 0.4) is 0 Å². The van der Waals surface area contributed by atoms with Crippen molar-refractivity contribution < 1.29 is 4.79 Å². The van der Waals surface area contributed by atoms with Gasteiger partial charge in [0.25, 0.3) is 5.56 Å². The van der Waals surface area contributed by atoms with Crippen molar-refractivity contribution in [3.05, 3.63) is 87.2 Å². The number of rotatable bonds is 5. The highest BCUT2D eigenvalue weighted by atomic mass is 16.2. The van der Waals surface area contributed by atoms with Gasteiger partial charge in [-0.15, -0.1) is 0 Å². The molecular weight excluding hydrogens is 366 g/mol. The van der Waals surface area contributed by atoms with Crippen molar-refractivity contribution in [1.82, 2.24) is 20.3 Å². The number of nitrogens with zero attached hydrogens (tertiary/aromatic N) is 3. The largest absolute Gasteiger partial charge is 0.352 e. The number of hydrogen-bond acceptors (Lipinski definition) is 5. The first-order valence-electron chi connectivity index (χ1n) is 9.67. The highest BCUT2D eigenvalue weighted by Gasteiger charge is 2.19. The quantitative estimate of drug-likeness (QED) is 0.695. The van der Waals surface area contributed by atoms with E-state index in [0.717, 1.165) is 30.9 Å². The van der Waals surface area contributed by atoms with E-state index in [1.54, 1.807) is 13.1 Å². The fraction of sp³-hybridized carbons (Fsp3) is 0.273. The summed E-state index contributed by atoms with van der Waals surface area (Å²) >= 11 is 0. The third kappa shape index (κ3) is 4.34. The number of H-pyrrole nitrogens is 1. The lowest BCUT2D eigenvalue weighted by Crippen LogP contribution is -2.33. The molecule has 7 nitrogen and oxygen atoms in total. The predicted molar refractivity (Wildman–Crippen MR) is 111 cm³/mol. The van der Waals surface area contributed by atoms with Gasteiger partial charge in [-0.3, -0.25) is 9.59 Å². The Labute approximate surface area is 168 Å². The number of anilines is 1. The standard InChI is InChI=1S/C22H23N5O2/c1-15-24-13-19(22(29)26-15)11-20(28)25-12-17-7-4-9-23-21(17)27-10-8-16-5-2-3-6-18(16)14-27/h2-7,9,13H,8,10-12,14H2,1H3,(H,25,28)(H,24,26,29). The van der Waals surface area contributed by atoms with Crippen molar-refractivity contribution in [1.29, 1.82) is 0 Å². The van der Waals surface area contributed by atoms with E-state index in [4.69, 9.17) is 0 Å². The Morgan fingerprint density at radius 1 is 1.14 bits per heavy atom. The number of aromatic nitrogens is 3. The zero-order valence-corrected chi connectivity index (χ0v) is 16.3. The van der Waals surface area contributed by atoms with Crippen molar-refractivity contribution in [2.75, 3.05) is 11.4 Å². The number of pyridine rings is 1. The number of hydrogen-bond donors (Lipinski definition) is 2. The Hall–Kier alpha value is -3.48. The maximum atomic E-state index is 12.3. The van der Waals surface area contributed by atoms with Crippen LogP contribution in [-0.4, -0.2) is 27.4 Å². The second kappa shape index (κ2) is 8.26. The lowest BCUT2D eigenvalue weighted by Gasteiger charge is -2.31. The molecule has 1 amide bonds. The topological polar surface area (TPSA) is 91.0 Å². The Morgan fingerprint density at radius 3 is 2.79 bits per heavy atom. The summed E-state index contributed by atoms with van der Waals surface area (Å²) < 4.78 is 0. The first-order chi connectivity index (χ1) is 14.1. The second-order valence-corrected chi connectivity index (χ2v) is 7.20. The molecule has 7 heteroatoms. The number of fused-ring (bicyclic) bond motifs is 1. The average molecular weight is 389 g/mol. The molecule has 0 saturated heterocycles. The fourth-order valence-corrected chi connectivity index (χ4v) is 3.59. The minimum Gasteiger partial charge on any atom is -0.352 e. The number of aryl methyl sites for hydroxylation is 1. The summed E-state index contributed by atoms with van der Waals surface area (Å²) in [7, 11) is 0. The zero-order chi connectivity index (χ0) is 20.2. The molecule has 1 aliphatic heterocycles. The molecule has 2 N–H and O–H groups in total. The minimum absolute atomic E-state index is 0.00466. The number of amides is 1. The van der Waals surface area contributed by atoms with Crippen LogP contribution in [0.2, 0.25) is 0 Å². The van der Waals surface area contributed by atoms with Crippen LogP contribution in [0, 0.1) is 6.92 Å². The molecule has 0 fully saturated rings. The van der Waals surface area contributed by atoms with Crippen LogP contribution in [0.5, 0.6) is 0 Å². The van der Waals surface area contributed by atoms with Crippen LogP contribution < -0.4 is 15.8 Å². The predicted octanol–water partition coefficient (Wildman–Crippen LogP) is 1.89. The third-order valence-electron chi connectivity index (χ3n) is 5.12. The smallest absolute Gasteiger partial charge is 0.254 e. The molecule has 0 atom stereocenters. The molecule has 3 aromatic rings. The van der Waals surface area contributed by atoms with Crippen LogP contribution in [0.4, 0.5) is 5.82 Å². The summed E-state index contributed by atoms with van der Waals surface area (Å²) in [6.07, 6.45) is 4.20. The lowest BCUT2D eigenvalue weighted by molar-refractivity contribution is -0.120. The molecule has 0 aliphatic carbocycles. The average Bonchev–Trinajstić information content (AvgIpc) is 2.74. The summed E-state index contributed by atoms with van der Waals surface area (Å²) in [5.41, 5.74) is 3.72.